The SMILES string of the molecule is COC(C)(C)CC1CC(N)c2cc(F)ccc2O1. The zero-order valence-electron chi connectivity index (χ0n) is 11.1. The first kappa shape index (κ1) is 13.3. The first-order valence-corrected chi connectivity index (χ1v) is 6.18. The summed E-state index contributed by atoms with van der Waals surface area (Å²) < 4.78 is 24.4. The molecule has 2 atom stereocenters. The van der Waals surface area contributed by atoms with Gasteiger partial charge in [0.1, 0.15) is 17.7 Å². The number of hydrogen-bond donors (Lipinski definition) is 1. The van der Waals surface area contributed by atoms with Gasteiger partial charge in [-0.1, -0.05) is 0 Å². The van der Waals surface area contributed by atoms with Gasteiger partial charge in [-0.3, -0.25) is 0 Å². The van der Waals surface area contributed by atoms with Gasteiger partial charge >= 0.3 is 0 Å². The Balaban J connectivity index is 2.16. The average molecular weight is 253 g/mol. The topological polar surface area (TPSA) is 44.5 Å². The van der Waals surface area contributed by atoms with Gasteiger partial charge in [0.15, 0.2) is 0 Å². The Morgan fingerprint density at radius 1 is 1.50 bits per heavy atom. The van der Waals surface area contributed by atoms with Gasteiger partial charge in [-0.25, -0.2) is 4.39 Å². The van der Waals surface area contributed by atoms with Crippen molar-refractivity contribution in [3.63, 3.8) is 0 Å². The first-order valence-electron chi connectivity index (χ1n) is 6.18. The minimum Gasteiger partial charge on any atom is -0.490 e. The molecule has 1 heterocycles. The second-order valence-corrected chi connectivity index (χ2v) is 5.43. The van der Waals surface area contributed by atoms with E-state index in [9.17, 15) is 4.39 Å². The van der Waals surface area contributed by atoms with E-state index in [2.05, 4.69) is 0 Å². The molecule has 0 radical (unpaired) electrons. The van der Waals surface area contributed by atoms with E-state index in [-0.39, 0.29) is 23.6 Å². The number of nitrogens with two attached hydrogens (primary N) is 1. The van der Waals surface area contributed by atoms with E-state index < -0.39 is 0 Å². The fourth-order valence-corrected chi connectivity index (χ4v) is 2.31. The second kappa shape index (κ2) is 4.86. The smallest absolute Gasteiger partial charge is 0.124 e. The van der Waals surface area contributed by atoms with Gasteiger partial charge in [-0.15, -0.1) is 0 Å². The molecule has 4 heteroatoms. The van der Waals surface area contributed by atoms with E-state index in [1.165, 1.54) is 12.1 Å². The molecule has 2 rings (SSSR count). The molecule has 3 nitrogen and oxygen atoms in total. The van der Waals surface area contributed by atoms with E-state index in [4.69, 9.17) is 15.2 Å². The van der Waals surface area contributed by atoms with Crippen molar-refractivity contribution in [3.8, 4) is 5.75 Å². The molecule has 1 aliphatic heterocycles. The van der Waals surface area contributed by atoms with Crippen molar-refractivity contribution in [2.45, 2.75) is 44.4 Å². The third kappa shape index (κ3) is 2.82. The first-order chi connectivity index (χ1) is 8.41. The van der Waals surface area contributed by atoms with Crippen molar-refractivity contribution in [2.75, 3.05) is 7.11 Å². The van der Waals surface area contributed by atoms with Crippen LogP contribution in [0.4, 0.5) is 4.39 Å². The molecule has 0 aliphatic carbocycles. The highest BCUT2D eigenvalue weighted by Crippen LogP contribution is 2.36. The molecule has 1 aliphatic rings. The quantitative estimate of drug-likeness (QED) is 0.900. The van der Waals surface area contributed by atoms with Crippen LogP contribution in [-0.2, 0) is 4.74 Å². The maximum atomic E-state index is 13.2. The van der Waals surface area contributed by atoms with Crippen LogP contribution in [0.5, 0.6) is 5.75 Å². The van der Waals surface area contributed by atoms with Gasteiger partial charge in [-0.2, -0.15) is 0 Å². The lowest BCUT2D eigenvalue weighted by atomic mass is 9.91. The van der Waals surface area contributed by atoms with Crippen LogP contribution < -0.4 is 10.5 Å². The summed E-state index contributed by atoms with van der Waals surface area (Å²) in [5, 5.41) is 0. The van der Waals surface area contributed by atoms with Crippen LogP contribution in [0.3, 0.4) is 0 Å². The third-order valence-electron chi connectivity index (χ3n) is 3.45. The minimum atomic E-state index is -0.275. The Bertz CT molecular complexity index is 434. The van der Waals surface area contributed by atoms with Crippen molar-refractivity contribution >= 4 is 0 Å². The molecule has 0 bridgehead atoms. The molecule has 0 spiro atoms. The fourth-order valence-electron chi connectivity index (χ4n) is 2.31. The van der Waals surface area contributed by atoms with Gasteiger partial charge < -0.3 is 15.2 Å². The monoisotopic (exact) mass is 253 g/mol. The molecule has 0 fully saturated rings. The van der Waals surface area contributed by atoms with Gasteiger partial charge in [-0.05, 0) is 32.0 Å². The Kier molecular flexibility index (Phi) is 3.59. The van der Waals surface area contributed by atoms with Crippen LogP contribution in [0.25, 0.3) is 0 Å². The second-order valence-electron chi connectivity index (χ2n) is 5.43. The highest BCUT2D eigenvalue weighted by Gasteiger charge is 2.31. The van der Waals surface area contributed by atoms with Crippen LogP contribution in [0.2, 0.25) is 0 Å². The van der Waals surface area contributed by atoms with Gasteiger partial charge in [0.25, 0.3) is 0 Å². The molecule has 0 saturated heterocycles. The molecule has 1 aromatic rings. The summed E-state index contributed by atoms with van der Waals surface area (Å²) in [6.07, 6.45) is 1.45. The molecule has 0 saturated carbocycles. The van der Waals surface area contributed by atoms with Crippen LogP contribution in [-0.4, -0.2) is 18.8 Å². The standard InChI is InChI=1S/C14H20FNO2/c1-14(2,17-3)8-10-7-12(16)11-6-9(15)4-5-13(11)18-10/h4-6,10,12H,7-8,16H2,1-3H3. The lowest BCUT2D eigenvalue weighted by Gasteiger charge is -2.34. The maximum absolute atomic E-state index is 13.2. The number of benzene rings is 1. The lowest BCUT2D eigenvalue weighted by molar-refractivity contribution is -0.0194. The normalized spacial score (nSPS) is 23.4. The molecular weight excluding hydrogens is 233 g/mol. The Morgan fingerprint density at radius 2 is 2.22 bits per heavy atom. The summed E-state index contributed by atoms with van der Waals surface area (Å²) in [4.78, 5) is 0. The predicted molar refractivity (Wildman–Crippen MR) is 68.1 cm³/mol. The van der Waals surface area contributed by atoms with Crippen LogP contribution in [0.1, 0.15) is 38.3 Å². The number of fused-ring (bicyclic) bond motifs is 1. The molecule has 100 valence electrons. The summed E-state index contributed by atoms with van der Waals surface area (Å²) in [6.45, 7) is 4.03. The summed E-state index contributed by atoms with van der Waals surface area (Å²) in [5.74, 6) is 0.413. The molecule has 0 amide bonds. The maximum Gasteiger partial charge on any atom is 0.124 e. The molecule has 1 aromatic carbocycles. The summed E-state index contributed by atoms with van der Waals surface area (Å²) in [5.41, 5.74) is 6.58. The van der Waals surface area contributed by atoms with Crippen molar-refractivity contribution < 1.29 is 13.9 Å². The number of ether oxygens (including phenoxy) is 2. The highest BCUT2D eigenvalue weighted by atomic mass is 19.1. The van der Waals surface area contributed by atoms with Gasteiger partial charge in [0.05, 0.1) is 5.60 Å². The van der Waals surface area contributed by atoms with Crippen LogP contribution in [0.15, 0.2) is 18.2 Å². The number of methoxy groups -OCH3 is 1. The third-order valence-corrected chi connectivity index (χ3v) is 3.45. The number of rotatable bonds is 3. The summed E-state index contributed by atoms with van der Waals surface area (Å²) in [6, 6.07) is 4.32. The Morgan fingerprint density at radius 3 is 2.89 bits per heavy atom. The van der Waals surface area contributed by atoms with Gasteiger partial charge in [0, 0.05) is 31.6 Å². The van der Waals surface area contributed by atoms with Crippen molar-refractivity contribution in [2.24, 2.45) is 5.73 Å². The van der Waals surface area contributed by atoms with Crippen molar-refractivity contribution in [1.29, 1.82) is 0 Å². The molecular formula is C14H20FNO2. The zero-order valence-corrected chi connectivity index (χ0v) is 11.1. The van der Waals surface area contributed by atoms with Crippen LogP contribution >= 0.6 is 0 Å². The summed E-state index contributed by atoms with van der Waals surface area (Å²) >= 11 is 0. The highest BCUT2D eigenvalue weighted by molar-refractivity contribution is 5.38. The van der Waals surface area contributed by atoms with E-state index in [0.717, 1.165) is 12.0 Å². The van der Waals surface area contributed by atoms with E-state index in [0.29, 0.717) is 12.2 Å². The fraction of sp³-hybridized carbons (Fsp3) is 0.571. The summed E-state index contributed by atoms with van der Waals surface area (Å²) in [7, 11) is 1.69. The Hall–Kier alpha value is -1.13. The van der Waals surface area contributed by atoms with Crippen LogP contribution in [0, 0.1) is 5.82 Å². The lowest BCUT2D eigenvalue weighted by Crippen LogP contribution is -2.36. The van der Waals surface area contributed by atoms with Gasteiger partial charge in [0.2, 0.25) is 0 Å². The zero-order chi connectivity index (χ0) is 13.3. The molecule has 18 heavy (non-hydrogen) atoms. The largest absolute Gasteiger partial charge is 0.490 e. The van der Waals surface area contributed by atoms with Crippen molar-refractivity contribution in [3.05, 3.63) is 29.6 Å². The minimum absolute atomic E-state index is 0.00733. The van der Waals surface area contributed by atoms with E-state index in [1.807, 2.05) is 13.8 Å². The average Bonchev–Trinajstić information content (AvgIpc) is 2.30. The molecule has 2 N–H and O–H groups in total. The molecule has 0 aromatic heterocycles. The number of hydrogen-bond acceptors (Lipinski definition) is 3. The molecule has 2 unspecified atom stereocenters. The van der Waals surface area contributed by atoms with E-state index >= 15 is 0 Å². The Labute approximate surface area is 107 Å². The predicted octanol–water partition coefficient (Wildman–Crippen LogP) is 2.79. The number of halogens is 1. The van der Waals surface area contributed by atoms with Crippen molar-refractivity contribution in [1.82, 2.24) is 0 Å². The van der Waals surface area contributed by atoms with E-state index in [1.54, 1.807) is 13.2 Å².